The Morgan fingerprint density at radius 3 is 2.71 bits per heavy atom. The van der Waals surface area contributed by atoms with Crippen molar-refractivity contribution in [1.29, 1.82) is 0 Å². The number of halogens is 1. The number of aromatic nitrogens is 3. The van der Waals surface area contributed by atoms with Crippen molar-refractivity contribution in [3.05, 3.63) is 77.2 Å². The van der Waals surface area contributed by atoms with E-state index >= 15 is 0 Å². The lowest BCUT2D eigenvalue weighted by molar-refractivity contribution is 0.0954. The number of fused-ring (bicyclic) bond motifs is 1. The van der Waals surface area contributed by atoms with Crippen LogP contribution in [-0.2, 0) is 6.42 Å². The van der Waals surface area contributed by atoms with Gasteiger partial charge in [-0.3, -0.25) is 9.36 Å². The molecule has 4 aromatic rings. The highest BCUT2D eigenvalue weighted by atomic mass is 35.5. The van der Waals surface area contributed by atoms with Crippen LogP contribution in [-0.4, -0.2) is 41.2 Å². The molecule has 8 heteroatoms. The Morgan fingerprint density at radius 2 is 1.90 bits per heavy atom. The number of ether oxygens (including phenoxy) is 2. The van der Waals surface area contributed by atoms with Crippen LogP contribution in [0.1, 0.15) is 15.9 Å². The van der Waals surface area contributed by atoms with Crippen LogP contribution in [0, 0.1) is 0 Å². The molecule has 0 unspecified atom stereocenters. The lowest BCUT2D eigenvalue weighted by atomic mass is 10.1. The number of rotatable bonds is 7. The van der Waals surface area contributed by atoms with Crippen molar-refractivity contribution in [3.8, 4) is 17.2 Å². The molecule has 2 aromatic carbocycles. The first-order valence-corrected chi connectivity index (χ1v) is 10.1. The standard InChI is InChI=1S/C23H21ClN4O3/c1-30-20-8-5-15(12-21(20)31-2)9-11-26-23(29)16-6-7-17(24)19(13-16)28-14-27-18-4-3-10-25-22(18)28/h3-8,10,12-14H,9,11H2,1-2H3,(H,26,29). The van der Waals surface area contributed by atoms with Crippen molar-refractivity contribution in [2.45, 2.75) is 6.42 Å². The number of methoxy groups -OCH3 is 2. The Labute approximate surface area is 184 Å². The number of pyridine rings is 1. The number of imidazole rings is 1. The van der Waals surface area contributed by atoms with Gasteiger partial charge in [0.05, 0.1) is 24.9 Å². The van der Waals surface area contributed by atoms with Crippen LogP contribution in [0.2, 0.25) is 5.02 Å². The number of hydrogen-bond donors (Lipinski definition) is 1. The van der Waals surface area contributed by atoms with Crippen molar-refractivity contribution >= 4 is 28.7 Å². The summed E-state index contributed by atoms with van der Waals surface area (Å²) in [6.45, 7) is 0.474. The topological polar surface area (TPSA) is 78.3 Å². The molecule has 0 aliphatic heterocycles. The zero-order chi connectivity index (χ0) is 21.8. The van der Waals surface area contributed by atoms with Crippen molar-refractivity contribution < 1.29 is 14.3 Å². The highest BCUT2D eigenvalue weighted by Crippen LogP contribution is 2.28. The van der Waals surface area contributed by atoms with E-state index in [1.165, 1.54) is 0 Å². The van der Waals surface area contributed by atoms with Crippen LogP contribution in [0.3, 0.4) is 0 Å². The van der Waals surface area contributed by atoms with E-state index in [0.29, 0.717) is 46.4 Å². The molecule has 0 aliphatic rings. The first-order valence-electron chi connectivity index (χ1n) is 9.68. The maximum absolute atomic E-state index is 12.7. The normalized spacial score (nSPS) is 10.8. The lowest BCUT2D eigenvalue weighted by Gasteiger charge is -2.11. The molecule has 2 heterocycles. The zero-order valence-corrected chi connectivity index (χ0v) is 17.9. The number of carbonyl (C=O) groups excluding carboxylic acids is 1. The largest absolute Gasteiger partial charge is 0.493 e. The van der Waals surface area contributed by atoms with E-state index in [9.17, 15) is 4.79 Å². The van der Waals surface area contributed by atoms with Crippen molar-refractivity contribution in [2.75, 3.05) is 20.8 Å². The first-order chi connectivity index (χ1) is 15.1. The second-order valence-electron chi connectivity index (χ2n) is 6.82. The van der Waals surface area contributed by atoms with Gasteiger partial charge in [-0.05, 0) is 54.4 Å². The van der Waals surface area contributed by atoms with Crippen LogP contribution in [0.4, 0.5) is 0 Å². The van der Waals surface area contributed by atoms with Crippen molar-refractivity contribution in [2.24, 2.45) is 0 Å². The third kappa shape index (κ3) is 4.32. The van der Waals surface area contributed by atoms with E-state index < -0.39 is 0 Å². The molecule has 4 rings (SSSR count). The molecule has 0 bridgehead atoms. The zero-order valence-electron chi connectivity index (χ0n) is 17.1. The summed E-state index contributed by atoms with van der Waals surface area (Å²) in [5.41, 5.74) is 3.62. The van der Waals surface area contributed by atoms with E-state index in [4.69, 9.17) is 21.1 Å². The van der Waals surface area contributed by atoms with Gasteiger partial charge in [0, 0.05) is 18.3 Å². The number of nitrogens with zero attached hydrogens (tertiary/aromatic N) is 3. The number of hydrogen-bond acceptors (Lipinski definition) is 5. The van der Waals surface area contributed by atoms with Gasteiger partial charge in [-0.15, -0.1) is 0 Å². The molecular formula is C23H21ClN4O3. The van der Waals surface area contributed by atoms with Gasteiger partial charge in [0.2, 0.25) is 0 Å². The number of carbonyl (C=O) groups is 1. The van der Waals surface area contributed by atoms with Crippen molar-refractivity contribution in [1.82, 2.24) is 19.9 Å². The molecule has 1 N–H and O–H groups in total. The minimum Gasteiger partial charge on any atom is -0.493 e. The number of benzene rings is 2. The molecule has 31 heavy (non-hydrogen) atoms. The number of amides is 1. The Kier molecular flexibility index (Phi) is 6.04. The van der Waals surface area contributed by atoms with E-state index in [0.717, 1.165) is 11.1 Å². The van der Waals surface area contributed by atoms with E-state index in [1.807, 2.05) is 30.3 Å². The summed E-state index contributed by atoms with van der Waals surface area (Å²) in [5.74, 6) is 1.15. The third-order valence-corrected chi connectivity index (χ3v) is 5.24. The first kappa shape index (κ1) is 20.7. The number of nitrogens with one attached hydrogen (secondary N) is 1. The minimum absolute atomic E-state index is 0.184. The highest BCUT2D eigenvalue weighted by molar-refractivity contribution is 6.32. The van der Waals surface area contributed by atoms with Gasteiger partial charge in [-0.1, -0.05) is 17.7 Å². The Bertz CT molecular complexity index is 1240. The summed E-state index contributed by atoms with van der Waals surface area (Å²) in [4.78, 5) is 21.4. The molecule has 0 atom stereocenters. The molecule has 158 valence electrons. The van der Waals surface area contributed by atoms with E-state index in [-0.39, 0.29) is 5.91 Å². The van der Waals surface area contributed by atoms with Gasteiger partial charge in [0.1, 0.15) is 11.8 Å². The predicted molar refractivity (Wildman–Crippen MR) is 119 cm³/mol. The van der Waals surface area contributed by atoms with Crippen LogP contribution < -0.4 is 14.8 Å². The summed E-state index contributed by atoms with van der Waals surface area (Å²) < 4.78 is 12.4. The molecule has 2 aromatic heterocycles. The molecule has 0 aliphatic carbocycles. The van der Waals surface area contributed by atoms with Crippen LogP contribution in [0.15, 0.2) is 61.1 Å². The molecule has 0 saturated carbocycles. The van der Waals surface area contributed by atoms with Crippen LogP contribution in [0.25, 0.3) is 16.9 Å². The van der Waals surface area contributed by atoms with Crippen LogP contribution in [0.5, 0.6) is 11.5 Å². The van der Waals surface area contributed by atoms with Gasteiger partial charge in [-0.25, -0.2) is 9.97 Å². The predicted octanol–water partition coefficient (Wildman–Crippen LogP) is 4.06. The summed E-state index contributed by atoms with van der Waals surface area (Å²) in [7, 11) is 3.20. The fourth-order valence-electron chi connectivity index (χ4n) is 3.32. The second-order valence-corrected chi connectivity index (χ2v) is 7.23. The van der Waals surface area contributed by atoms with E-state index in [2.05, 4.69) is 15.3 Å². The quantitative estimate of drug-likeness (QED) is 0.472. The molecule has 0 fully saturated rings. The molecule has 0 spiro atoms. The smallest absolute Gasteiger partial charge is 0.251 e. The summed E-state index contributed by atoms with van der Waals surface area (Å²) in [6.07, 6.45) is 4.00. The van der Waals surface area contributed by atoms with Gasteiger partial charge < -0.3 is 14.8 Å². The average molecular weight is 437 g/mol. The monoisotopic (exact) mass is 436 g/mol. The molecular weight excluding hydrogens is 416 g/mol. The summed E-state index contributed by atoms with van der Waals surface area (Å²) >= 11 is 6.40. The maximum atomic E-state index is 12.7. The molecule has 0 radical (unpaired) electrons. The fraction of sp³-hybridized carbons (Fsp3) is 0.174. The second kappa shape index (κ2) is 9.06. The van der Waals surface area contributed by atoms with Gasteiger partial charge in [0.15, 0.2) is 17.1 Å². The Balaban J connectivity index is 1.48. The summed E-state index contributed by atoms with van der Waals surface area (Å²) in [5, 5.41) is 3.45. The minimum atomic E-state index is -0.184. The van der Waals surface area contributed by atoms with Crippen LogP contribution >= 0.6 is 11.6 Å². The maximum Gasteiger partial charge on any atom is 0.251 e. The van der Waals surface area contributed by atoms with Crippen molar-refractivity contribution in [3.63, 3.8) is 0 Å². The highest BCUT2D eigenvalue weighted by Gasteiger charge is 2.13. The summed E-state index contributed by atoms with van der Waals surface area (Å²) in [6, 6.07) is 14.5. The molecule has 0 saturated heterocycles. The molecule has 1 amide bonds. The van der Waals surface area contributed by atoms with Gasteiger partial charge >= 0.3 is 0 Å². The fourth-order valence-corrected chi connectivity index (χ4v) is 3.53. The van der Waals surface area contributed by atoms with E-state index in [1.54, 1.807) is 49.5 Å². The van der Waals surface area contributed by atoms with Gasteiger partial charge in [0.25, 0.3) is 5.91 Å². The van der Waals surface area contributed by atoms with Gasteiger partial charge in [-0.2, -0.15) is 0 Å². The lowest BCUT2D eigenvalue weighted by Crippen LogP contribution is -2.25. The Morgan fingerprint density at radius 1 is 1.06 bits per heavy atom. The third-order valence-electron chi connectivity index (χ3n) is 4.92. The molecule has 7 nitrogen and oxygen atoms in total. The average Bonchev–Trinajstić information content (AvgIpc) is 3.23. The SMILES string of the molecule is COc1ccc(CCNC(=O)c2ccc(Cl)c(-n3cnc4cccnc43)c2)cc1OC. The Hall–Kier alpha value is -3.58.